The molecule has 1 heterocycles. The third-order valence-corrected chi connectivity index (χ3v) is 4.24. The van der Waals surface area contributed by atoms with Crippen LogP contribution in [0.5, 0.6) is 0 Å². The van der Waals surface area contributed by atoms with Crippen LogP contribution in [-0.4, -0.2) is 34.7 Å². The molecule has 0 aromatic carbocycles. The monoisotopic (exact) mass is 382 g/mol. The molecule has 1 rings (SSSR count). The highest BCUT2D eigenvalue weighted by molar-refractivity contribution is 9.11. The van der Waals surface area contributed by atoms with E-state index in [1.54, 1.807) is 6.20 Å². The number of aromatic nitrogens is 1. The fourth-order valence-corrected chi connectivity index (χ4v) is 3.15. The number of hydrogen-bond acceptors (Lipinski definition) is 4. The van der Waals surface area contributed by atoms with Gasteiger partial charge in [-0.1, -0.05) is 0 Å². The lowest BCUT2D eigenvalue weighted by Crippen LogP contribution is -2.17. The highest BCUT2D eigenvalue weighted by atomic mass is 79.9. The van der Waals surface area contributed by atoms with Gasteiger partial charge in [0.05, 0.1) is 5.69 Å². The summed E-state index contributed by atoms with van der Waals surface area (Å²) in [5.74, 6) is 2.09. The molecule has 0 aliphatic heterocycles. The van der Waals surface area contributed by atoms with Gasteiger partial charge in [0.2, 0.25) is 0 Å². The Kier molecular flexibility index (Phi) is 8.47. The van der Waals surface area contributed by atoms with E-state index in [2.05, 4.69) is 42.2 Å². The molecule has 6 heteroatoms. The largest absolute Gasteiger partial charge is 0.396 e. The number of nitrogens with zero attached hydrogens (tertiary/aromatic N) is 1. The Bertz CT molecular complexity index is 339. The van der Waals surface area contributed by atoms with Crippen LogP contribution in [0.4, 0.5) is 0 Å². The second kappa shape index (κ2) is 9.33. The van der Waals surface area contributed by atoms with Crippen molar-refractivity contribution in [1.82, 2.24) is 10.3 Å². The Morgan fingerprint density at radius 2 is 2.18 bits per heavy atom. The van der Waals surface area contributed by atoms with Gasteiger partial charge >= 0.3 is 0 Å². The van der Waals surface area contributed by atoms with Crippen LogP contribution in [0.15, 0.2) is 21.2 Å². The lowest BCUT2D eigenvalue weighted by atomic mass is 10.3. The third-order valence-electron chi connectivity index (χ3n) is 2.05. The molecule has 0 unspecified atom stereocenters. The minimum absolute atomic E-state index is 0.288. The molecule has 96 valence electrons. The molecular formula is C11H16Br2N2OS. The van der Waals surface area contributed by atoms with Crippen molar-refractivity contribution in [3.8, 4) is 0 Å². The molecule has 0 bridgehead atoms. The van der Waals surface area contributed by atoms with Crippen molar-refractivity contribution in [3.05, 3.63) is 26.9 Å². The van der Waals surface area contributed by atoms with Gasteiger partial charge in [-0.25, -0.2) is 0 Å². The van der Waals surface area contributed by atoms with Crippen LogP contribution in [0.3, 0.4) is 0 Å². The fourth-order valence-electron chi connectivity index (χ4n) is 1.19. The van der Waals surface area contributed by atoms with Crippen LogP contribution in [0.25, 0.3) is 0 Å². The Morgan fingerprint density at radius 1 is 1.35 bits per heavy atom. The molecule has 0 amide bonds. The topological polar surface area (TPSA) is 45.1 Å². The summed E-state index contributed by atoms with van der Waals surface area (Å²) in [5.41, 5.74) is 1.02. The summed E-state index contributed by atoms with van der Waals surface area (Å²) < 4.78 is 2.00. The molecule has 0 spiro atoms. The summed E-state index contributed by atoms with van der Waals surface area (Å²) in [6.07, 6.45) is 2.68. The number of nitrogens with one attached hydrogen (secondary N) is 1. The van der Waals surface area contributed by atoms with E-state index >= 15 is 0 Å². The quantitative estimate of drug-likeness (QED) is 0.677. The molecule has 1 aromatic heterocycles. The number of aliphatic hydroxyl groups is 1. The number of thioether (sulfide) groups is 1. The second-order valence-electron chi connectivity index (χ2n) is 3.45. The van der Waals surface area contributed by atoms with Crippen molar-refractivity contribution in [2.24, 2.45) is 0 Å². The molecule has 0 atom stereocenters. The van der Waals surface area contributed by atoms with Gasteiger partial charge in [-0.2, -0.15) is 11.8 Å². The second-order valence-corrected chi connectivity index (χ2v) is 6.44. The van der Waals surface area contributed by atoms with Crippen molar-refractivity contribution >= 4 is 43.6 Å². The van der Waals surface area contributed by atoms with Crippen LogP contribution in [0, 0.1) is 0 Å². The zero-order chi connectivity index (χ0) is 12.5. The molecule has 17 heavy (non-hydrogen) atoms. The van der Waals surface area contributed by atoms with Crippen LogP contribution >= 0.6 is 43.6 Å². The van der Waals surface area contributed by atoms with Crippen LogP contribution in [0.1, 0.15) is 12.1 Å². The molecule has 0 radical (unpaired) electrons. The molecule has 2 N–H and O–H groups in total. The van der Waals surface area contributed by atoms with E-state index in [0.717, 1.165) is 45.7 Å². The van der Waals surface area contributed by atoms with Crippen molar-refractivity contribution in [2.75, 3.05) is 24.7 Å². The van der Waals surface area contributed by atoms with E-state index < -0.39 is 0 Å². The minimum Gasteiger partial charge on any atom is -0.396 e. The zero-order valence-electron chi connectivity index (χ0n) is 9.46. The average molecular weight is 384 g/mol. The summed E-state index contributed by atoms with van der Waals surface area (Å²) in [6.45, 7) is 2.02. The van der Waals surface area contributed by atoms with Crippen molar-refractivity contribution in [3.63, 3.8) is 0 Å². The average Bonchev–Trinajstić information content (AvgIpc) is 2.30. The molecule has 3 nitrogen and oxygen atoms in total. The van der Waals surface area contributed by atoms with Gasteiger partial charge in [-0.3, -0.25) is 4.98 Å². The van der Waals surface area contributed by atoms with Gasteiger partial charge in [0, 0.05) is 40.6 Å². The lowest BCUT2D eigenvalue weighted by molar-refractivity contribution is 0.296. The molecule has 1 aromatic rings. The number of rotatable bonds is 8. The standard InChI is InChI=1S/C11H16Br2N2OS/c12-9-6-10(13)11(15-7-9)8-14-2-5-17-4-1-3-16/h6-7,14,16H,1-5,8H2. The summed E-state index contributed by atoms with van der Waals surface area (Å²) >= 11 is 8.72. The number of halogens is 2. The van der Waals surface area contributed by atoms with Crippen LogP contribution < -0.4 is 5.32 Å². The van der Waals surface area contributed by atoms with E-state index in [1.165, 1.54) is 0 Å². The van der Waals surface area contributed by atoms with Gasteiger partial charge in [-0.05, 0) is 50.1 Å². The molecule has 0 aliphatic rings. The van der Waals surface area contributed by atoms with E-state index in [0.29, 0.717) is 0 Å². The minimum atomic E-state index is 0.288. The molecule has 0 saturated heterocycles. The Morgan fingerprint density at radius 3 is 2.88 bits per heavy atom. The zero-order valence-corrected chi connectivity index (χ0v) is 13.4. The van der Waals surface area contributed by atoms with Crippen LogP contribution in [0.2, 0.25) is 0 Å². The Labute approximate surface area is 123 Å². The summed E-state index contributed by atoms with van der Waals surface area (Å²) in [7, 11) is 0. The van der Waals surface area contributed by atoms with Gasteiger partial charge in [-0.15, -0.1) is 0 Å². The summed E-state index contributed by atoms with van der Waals surface area (Å²) in [5, 5.41) is 12.0. The number of aliphatic hydroxyl groups excluding tert-OH is 1. The molecule has 0 aliphatic carbocycles. The third kappa shape index (κ3) is 6.76. The lowest BCUT2D eigenvalue weighted by Gasteiger charge is -2.06. The van der Waals surface area contributed by atoms with E-state index in [9.17, 15) is 0 Å². The number of pyridine rings is 1. The Balaban J connectivity index is 2.14. The van der Waals surface area contributed by atoms with Gasteiger partial charge in [0.25, 0.3) is 0 Å². The maximum Gasteiger partial charge on any atom is 0.0684 e. The SMILES string of the molecule is OCCCSCCNCc1ncc(Br)cc1Br. The predicted octanol–water partition coefficient (Wildman–Crippen LogP) is 2.81. The van der Waals surface area contributed by atoms with Crippen molar-refractivity contribution in [2.45, 2.75) is 13.0 Å². The highest BCUT2D eigenvalue weighted by Gasteiger charge is 2.01. The fraction of sp³-hybridized carbons (Fsp3) is 0.545. The predicted molar refractivity (Wildman–Crippen MR) is 80.4 cm³/mol. The first kappa shape index (κ1) is 15.4. The van der Waals surface area contributed by atoms with Crippen LogP contribution in [-0.2, 0) is 6.54 Å². The molecular weight excluding hydrogens is 368 g/mol. The van der Waals surface area contributed by atoms with Crippen molar-refractivity contribution in [1.29, 1.82) is 0 Å². The van der Waals surface area contributed by atoms with Crippen molar-refractivity contribution < 1.29 is 5.11 Å². The van der Waals surface area contributed by atoms with E-state index in [1.807, 2.05) is 17.8 Å². The Hall–Kier alpha value is 0.380. The van der Waals surface area contributed by atoms with Gasteiger partial charge in [0.15, 0.2) is 0 Å². The first-order valence-corrected chi connectivity index (χ1v) is 8.17. The first-order chi connectivity index (χ1) is 8.24. The molecule has 0 saturated carbocycles. The molecule has 0 fully saturated rings. The van der Waals surface area contributed by atoms with E-state index in [-0.39, 0.29) is 6.61 Å². The summed E-state index contributed by atoms with van der Waals surface area (Å²) in [6, 6.07) is 2.00. The first-order valence-electron chi connectivity index (χ1n) is 5.43. The maximum absolute atomic E-state index is 8.62. The number of hydrogen-bond donors (Lipinski definition) is 2. The summed E-state index contributed by atoms with van der Waals surface area (Å²) in [4.78, 5) is 4.33. The van der Waals surface area contributed by atoms with Gasteiger partial charge < -0.3 is 10.4 Å². The highest BCUT2D eigenvalue weighted by Crippen LogP contribution is 2.19. The smallest absolute Gasteiger partial charge is 0.0684 e. The van der Waals surface area contributed by atoms with Gasteiger partial charge in [0.1, 0.15) is 0 Å². The normalized spacial score (nSPS) is 10.8. The maximum atomic E-state index is 8.62. The van der Waals surface area contributed by atoms with E-state index in [4.69, 9.17) is 5.11 Å².